The van der Waals surface area contributed by atoms with Crippen molar-refractivity contribution in [1.29, 1.82) is 0 Å². The summed E-state index contributed by atoms with van der Waals surface area (Å²) in [5.74, 6) is 0.373. The molecular formula is C29H28ClFN2O. The van der Waals surface area contributed by atoms with Crippen LogP contribution in [0, 0.1) is 12.7 Å². The molecule has 3 nitrogen and oxygen atoms in total. The van der Waals surface area contributed by atoms with Gasteiger partial charge in [0.15, 0.2) is 0 Å². The van der Waals surface area contributed by atoms with E-state index >= 15 is 0 Å². The van der Waals surface area contributed by atoms with Gasteiger partial charge in [0, 0.05) is 35.4 Å². The van der Waals surface area contributed by atoms with Crippen LogP contribution in [0.2, 0.25) is 5.02 Å². The fraction of sp³-hybridized carbons (Fsp3) is 0.276. The van der Waals surface area contributed by atoms with Crippen LogP contribution < -0.4 is 9.64 Å². The number of ether oxygens (including phenoxy) is 1. The molecule has 1 aliphatic rings. The summed E-state index contributed by atoms with van der Waals surface area (Å²) in [7, 11) is 0. The molecule has 0 N–H and O–H groups in total. The standard InChI is InChI=1S/C29H28ClFN2O/c1-19-28(20(2)34-27-9-5-4-8-25(27)30)29(21-10-12-22(31)13-11-21)24-18-23(14-15-26(24)32-19)33-16-6-3-7-17-33/h4-5,8-15,18,20H,3,6-7,16-17H2,1-2H3. The van der Waals surface area contributed by atoms with Crippen molar-refractivity contribution in [2.75, 3.05) is 18.0 Å². The van der Waals surface area contributed by atoms with Crippen molar-refractivity contribution < 1.29 is 9.13 Å². The Kier molecular flexibility index (Phi) is 6.42. The molecular weight excluding hydrogens is 447 g/mol. The molecule has 1 unspecified atom stereocenters. The fourth-order valence-electron chi connectivity index (χ4n) is 4.95. The molecule has 0 amide bonds. The minimum absolute atomic E-state index is 0.255. The van der Waals surface area contributed by atoms with Gasteiger partial charge in [0.25, 0.3) is 0 Å². The van der Waals surface area contributed by atoms with Crippen LogP contribution in [-0.2, 0) is 0 Å². The van der Waals surface area contributed by atoms with E-state index < -0.39 is 0 Å². The van der Waals surface area contributed by atoms with E-state index in [0.29, 0.717) is 10.8 Å². The van der Waals surface area contributed by atoms with Crippen molar-refractivity contribution in [3.05, 3.63) is 88.8 Å². The second-order valence-electron chi connectivity index (χ2n) is 8.93. The number of aromatic nitrogens is 1. The molecule has 0 radical (unpaired) electrons. The predicted octanol–water partition coefficient (Wildman–Crippen LogP) is 8.13. The number of nitrogens with zero attached hydrogens (tertiary/aromatic N) is 2. The summed E-state index contributed by atoms with van der Waals surface area (Å²) < 4.78 is 20.2. The molecule has 2 heterocycles. The lowest BCUT2D eigenvalue weighted by Crippen LogP contribution is -2.29. The molecule has 0 spiro atoms. The Bertz CT molecular complexity index is 1320. The molecule has 5 rings (SSSR count). The Hall–Kier alpha value is -3.11. The van der Waals surface area contributed by atoms with E-state index in [1.807, 2.05) is 50.2 Å². The highest BCUT2D eigenvalue weighted by molar-refractivity contribution is 6.32. The van der Waals surface area contributed by atoms with Crippen LogP contribution in [0.15, 0.2) is 66.7 Å². The SMILES string of the molecule is Cc1nc2ccc(N3CCCCC3)cc2c(-c2ccc(F)cc2)c1C(C)Oc1ccccc1Cl. The van der Waals surface area contributed by atoms with Gasteiger partial charge in [-0.15, -0.1) is 0 Å². The van der Waals surface area contributed by atoms with Gasteiger partial charge in [0.05, 0.1) is 10.5 Å². The maximum absolute atomic E-state index is 13.8. The van der Waals surface area contributed by atoms with Crippen molar-refractivity contribution in [2.45, 2.75) is 39.2 Å². The highest BCUT2D eigenvalue weighted by atomic mass is 35.5. The molecule has 4 aromatic rings. The zero-order chi connectivity index (χ0) is 23.7. The highest BCUT2D eigenvalue weighted by Gasteiger charge is 2.22. The van der Waals surface area contributed by atoms with Gasteiger partial charge in [0.1, 0.15) is 17.7 Å². The summed E-state index contributed by atoms with van der Waals surface area (Å²) in [5.41, 5.74) is 5.96. The second-order valence-corrected chi connectivity index (χ2v) is 9.34. The monoisotopic (exact) mass is 474 g/mol. The average Bonchev–Trinajstić information content (AvgIpc) is 2.85. The molecule has 1 aromatic heterocycles. The van der Waals surface area contributed by atoms with E-state index in [1.165, 1.54) is 37.1 Å². The van der Waals surface area contributed by atoms with Gasteiger partial charge in [-0.1, -0.05) is 35.9 Å². The molecule has 0 saturated carbocycles. The molecule has 1 atom stereocenters. The Morgan fingerprint density at radius 2 is 1.71 bits per heavy atom. The van der Waals surface area contributed by atoms with Crippen LogP contribution in [0.25, 0.3) is 22.0 Å². The largest absolute Gasteiger partial charge is 0.484 e. The molecule has 5 heteroatoms. The van der Waals surface area contributed by atoms with Gasteiger partial charge in [0.2, 0.25) is 0 Å². The first kappa shape index (κ1) is 22.7. The predicted molar refractivity (Wildman–Crippen MR) is 138 cm³/mol. The van der Waals surface area contributed by atoms with E-state index in [2.05, 4.69) is 23.1 Å². The van der Waals surface area contributed by atoms with Crippen molar-refractivity contribution in [3.8, 4) is 16.9 Å². The van der Waals surface area contributed by atoms with Crippen LogP contribution in [0.3, 0.4) is 0 Å². The topological polar surface area (TPSA) is 25.4 Å². The number of halogens is 2. The number of fused-ring (bicyclic) bond motifs is 1. The van der Waals surface area contributed by atoms with Crippen molar-refractivity contribution >= 4 is 28.2 Å². The summed E-state index contributed by atoms with van der Waals surface area (Å²) in [5, 5.41) is 1.61. The third-order valence-corrected chi connectivity index (χ3v) is 6.91. The van der Waals surface area contributed by atoms with E-state index in [4.69, 9.17) is 21.3 Å². The maximum Gasteiger partial charge on any atom is 0.138 e. The normalized spacial score (nSPS) is 14.9. The number of piperidine rings is 1. The first-order valence-corrected chi connectivity index (χ1v) is 12.3. The number of anilines is 1. The Morgan fingerprint density at radius 1 is 0.971 bits per heavy atom. The van der Waals surface area contributed by atoms with Gasteiger partial charge in [-0.25, -0.2) is 4.39 Å². The van der Waals surface area contributed by atoms with Gasteiger partial charge in [-0.3, -0.25) is 4.98 Å². The lowest BCUT2D eigenvalue weighted by Gasteiger charge is -2.29. The second kappa shape index (κ2) is 9.63. The average molecular weight is 475 g/mol. The highest BCUT2D eigenvalue weighted by Crippen LogP contribution is 2.40. The molecule has 1 aliphatic heterocycles. The third-order valence-electron chi connectivity index (χ3n) is 6.60. The molecule has 34 heavy (non-hydrogen) atoms. The Labute approximate surface area is 205 Å². The van der Waals surface area contributed by atoms with Gasteiger partial charge in [-0.2, -0.15) is 0 Å². The van der Waals surface area contributed by atoms with Crippen LogP contribution in [-0.4, -0.2) is 18.1 Å². The molecule has 0 aliphatic carbocycles. The van der Waals surface area contributed by atoms with E-state index in [0.717, 1.165) is 46.4 Å². The number of benzene rings is 3. The minimum Gasteiger partial charge on any atom is -0.484 e. The Morgan fingerprint density at radius 3 is 2.44 bits per heavy atom. The van der Waals surface area contributed by atoms with Crippen molar-refractivity contribution in [3.63, 3.8) is 0 Å². The summed E-state index contributed by atoms with van der Waals surface area (Å²) in [6.07, 6.45) is 3.40. The lowest BCUT2D eigenvalue weighted by molar-refractivity contribution is 0.226. The number of rotatable bonds is 5. The number of hydrogen-bond acceptors (Lipinski definition) is 3. The fourth-order valence-corrected chi connectivity index (χ4v) is 5.13. The number of aryl methyl sites for hydroxylation is 1. The summed E-state index contributed by atoms with van der Waals surface area (Å²) in [4.78, 5) is 7.39. The number of pyridine rings is 1. The lowest BCUT2D eigenvalue weighted by atomic mass is 9.91. The van der Waals surface area contributed by atoms with E-state index in [1.54, 1.807) is 0 Å². The quantitative estimate of drug-likeness (QED) is 0.292. The first-order valence-electron chi connectivity index (χ1n) is 11.9. The molecule has 0 bridgehead atoms. The molecule has 1 saturated heterocycles. The van der Waals surface area contributed by atoms with Crippen LogP contribution >= 0.6 is 11.6 Å². The smallest absolute Gasteiger partial charge is 0.138 e. The van der Waals surface area contributed by atoms with Crippen molar-refractivity contribution in [2.24, 2.45) is 0 Å². The number of para-hydroxylation sites is 1. The summed E-state index contributed by atoms with van der Waals surface area (Å²) in [6, 6.07) is 20.7. The Balaban J connectivity index is 1.69. The van der Waals surface area contributed by atoms with E-state index in [-0.39, 0.29) is 11.9 Å². The van der Waals surface area contributed by atoms with E-state index in [9.17, 15) is 4.39 Å². The molecule has 3 aromatic carbocycles. The third kappa shape index (κ3) is 4.47. The van der Waals surface area contributed by atoms with Gasteiger partial charge < -0.3 is 9.64 Å². The summed E-state index contributed by atoms with van der Waals surface area (Å²) >= 11 is 6.38. The molecule has 1 fully saturated rings. The van der Waals surface area contributed by atoms with Crippen LogP contribution in [0.4, 0.5) is 10.1 Å². The van der Waals surface area contributed by atoms with Crippen LogP contribution in [0.5, 0.6) is 5.75 Å². The zero-order valence-electron chi connectivity index (χ0n) is 19.5. The summed E-state index contributed by atoms with van der Waals surface area (Å²) in [6.45, 7) is 6.15. The zero-order valence-corrected chi connectivity index (χ0v) is 20.3. The maximum atomic E-state index is 13.8. The minimum atomic E-state index is -0.310. The van der Waals surface area contributed by atoms with Crippen molar-refractivity contribution in [1.82, 2.24) is 4.98 Å². The van der Waals surface area contributed by atoms with Gasteiger partial charge >= 0.3 is 0 Å². The van der Waals surface area contributed by atoms with Crippen LogP contribution in [0.1, 0.15) is 43.5 Å². The van der Waals surface area contributed by atoms with Gasteiger partial charge in [-0.05, 0) is 86.7 Å². The number of hydrogen-bond donors (Lipinski definition) is 0. The molecule has 174 valence electrons. The first-order chi connectivity index (χ1) is 16.5.